The number of rotatable bonds is 3. The van der Waals surface area contributed by atoms with Gasteiger partial charge < -0.3 is 5.11 Å². The Bertz CT molecular complexity index is 674. The summed E-state index contributed by atoms with van der Waals surface area (Å²) in [4.78, 5) is 11.9. The van der Waals surface area contributed by atoms with Crippen LogP contribution in [0.15, 0.2) is 52.0 Å². The monoisotopic (exact) mass is 444 g/mol. The van der Waals surface area contributed by atoms with Crippen LogP contribution < -0.4 is 5.43 Å². The van der Waals surface area contributed by atoms with Crippen molar-refractivity contribution in [1.29, 1.82) is 0 Å². The summed E-state index contributed by atoms with van der Waals surface area (Å²) in [7, 11) is 0. The molecule has 0 heterocycles. The van der Waals surface area contributed by atoms with Gasteiger partial charge in [-0.3, -0.25) is 4.79 Å². The highest BCUT2D eigenvalue weighted by molar-refractivity contribution is 14.1. The van der Waals surface area contributed by atoms with E-state index in [0.29, 0.717) is 11.1 Å². The molecule has 2 aromatic carbocycles. The van der Waals surface area contributed by atoms with Crippen molar-refractivity contribution in [2.45, 2.75) is 0 Å². The predicted octanol–water partition coefficient (Wildman–Crippen LogP) is 3.52. The van der Waals surface area contributed by atoms with E-state index in [4.69, 9.17) is 0 Å². The fourth-order valence-corrected chi connectivity index (χ4v) is 2.51. The summed E-state index contributed by atoms with van der Waals surface area (Å²) >= 11 is 5.39. The zero-order valence-electron chi connectivity index (χ0n) is 10.2. The molecule has 6 heteroatoms. The molecule has 0 unspecified atom stereocenters. The highest BCUT2D eigenvalue weighted by atomic mass is 127. The topological polar surface area (TPSA) is 61.7 Å². The van der Waals surface area contributed by atoms with Crippen LogP contribution in [0.1, 0.15) is 15.9 Å². The smallest absolute Gasteiger partial charge is 0.272 e. The predicted molar refractivity (Wildman–Crippen MR) is 90.0 cm³/mol. The van der Waals surface area contributed by atoms with Crippen LogP contribution in [0, 0.1) is 3.57 Å². The van der Waals surface area contributed by atoms with Crippen molar-refractivity contribution in [2.75, 3.05) is 0 Å². The number of halogens is 2. The zero-order valence-corrected chi connectivity index (χ0v) is 13.9. The maximum Gasteiger partial charge on any atom is 0.272 e. The Balaban J connectivity index is 2.09. The second kappa shape index (κ2) is 6.85. The van der Waals surface area contributed by atoms with E-state index in [-0.39, 0.29) is 11.7 Å². The number of carbonyl (C=O) groups excluding carboxylic acids is 1. The average Bonchev–Trinajstić information content (AvgIpc) is 2.43. The largest absolute Gasteiger partial charge is 0.507 e. The fourth-order valence-electron chi connectivity index (χ4n) is 1.49. The van der Waals surface area contributed by atoms with Gasteiger partial charge in [0, 0.05) is 13.6 Å². The molecule has 0 aliphatic heterocycles. The number of amides is 1. The molecule has 0 spiro atoms. The quantitative estimate of drug-likeness (QED) is 0.432. The molecule has 1 amide bonds. The van der Waals surface area contributed by atoms with Gasteiger partial charge in [-0.1, -0.05) is 28.1 Å². The van der Waals surface area contributed by atoms with Crippen molar-refractivity contribution in [1.82, 2.24) is 5.43 Å². The van der Waals surface area contributed by atoms with E-state index in [0.717, 1.165) is 8.04 Å². The second-order valence-electron chi connectivity index (χ2n) is 3.88. The van der Waals surface area contributed by atoms with Gasteiger partial charge in [-0.05, 0) is 52.9 Å². The van der Waals surface area contributed by atoms with Gasteiger partial charge in [0.25, 0.3) is 5.91 Å². The minimum atomic E-state index is -0.291. The number of carbonyl (C=O) groups is 1. The van der Waals surface area contributed by atoms with Crippen LogP contribution >= 0.6 is 38.5 Å². The zero-order chi connectivity index (χ0) is 14.5. The van der Waals surface area contributed by atoms with Gasteiger partial charge in [-0.15, -0.1) is 0 Å². The van der Waals surface area contributed by atoms with Crippen LogP contribution in [-0.4, -0.2) is 17.2 Å². The number of nitrogens with one attached hydrogen (secondary N) is 1. The van der Waals surface area contributed by atoms with E-state index in [2.05, 4.69) is 49.0 Å². The first-order chi connectivity index (χ1) is 9.58. The summed E-state index contributed by atoms with van der Waals surface area (Å²) in [5.74, 6) is -0.193. The molecule has 2 N–H and O–H groups in total. The lowest BCUT2D eigenvalue weighted by molar-refractivity contribution is 0.0954. The SMILES string of the molecule is O=C(N/N=C/c1cc(Br)ccc1O)c1ccccc1I. The van der Waals surface area contributed by atoms with E-state index >= 15 is 0 Å². The lowest BCUT2D eigenvalue weighted by Gasteiger charge is -2.02. The van der Waals surface area contributed by atoms with E-state index in [1.165, 1.54) is 6.21 Å². The average molecular weight is 445 g/mol. The van der Waals surface area contributed by atoms with Crippen LogP contribution in [0.4, 0.5) is 0 Å². The molecular formula is C14H10BrIN2O2. The number of phenols is 1. The van der Waals surface area contributed by atoms with Gasteiger partial charge in [0.15, 0.2) is 0 Å². The van der Waals surface area contributed by atoms with E-state index in [1.807, 2.05) is 12.1 Å². The van der Waals surface area contributed by atoms with Gasteiger partial charge >= 0.3 is 0 Å². The molecule has 20 heavy (non-hydrogen) atoms. The molecule has 2 rings (SSSR count). The van der Waals surface area contributed by atoms with Crippen molar-refractivity contribution >= 4 is 50.6 Å². The lowest BCUT2D eigenvalue weighted by atomic mass is 10.2. The number of hydrogen-bond acceptors (Lipinski definition) is 3. The van der Waals surface area contributed by atoms with E-state index < -0.39 is 0 Å². The molecule has 0 saturated heterocycles. The highest BCUT2D eigenvalue weighted by Gasteiger charge is 2.07. The van der Waals surface area contributed by atoms with E-state index in [9.17, 15) is 9.90 Å². The molecule has 4 nitrogen and oxygen atoms in total. The molecule has 0 aliphatic carbocycles. The molecule has 0 aliphatic rings. The standard InChI is InChI=1S/C14H10BrIN2O2/c15-10-5-6-13(19)9(7-10)8-17-18-14(20)11-3-1-2-4-12(11)16/h1-8,19H,(H,18,20)/b17-8+. The van der Waals surface area contributed by atoms with Crippen molar-refractivity contribution in [2.24, 2.45) is 5.10 Å². The Morgan fingerprint density at radius 2 is 2.05 bits per heavy atom. The summed E-state index contributed by atoms with van der Waals surface area (Å²) in [6.45, 7) is 0. The van der Waals surface area contributed by atoms with Crippen molar-refractivity contribution < 1.29 is 9.90 Å². The minimum absolute atomic E-state index is 0.0977. The Morgan fingerprint density at radius 3 is 2.80 bits per heavy atom. The fraction of sp³-hybridized carbons (Fsp3) is 0. The third kappa shape index (κ3) is 3.80. The summed E-state index contributed by atoms with van der Waals surface area (Å²) in [6.07, 6.45) is 1.40. The lowest BCUT2D eigenvalue weighted by Crippen LogP contribution is -2.18. The number of hydrazone groups is 1. The van der Waals surface area contributed by atoms with Gasteiger partial charge in [0.1, 0.15) is 5.75 Å². The minimum Gasteiger partial charge on any atom is -0.507 e. The first-order valence-corrected chi connectivity index (χ1v) is 7.51. The maximum absolute atomic E-state index is 11.9. The molecule has 0 aromatic heterocycles. The molecular weight excluding hydrogens is 435 g/mol. The van der Waals surface area contributed by atoms with E-state index in [1.54, 1.807) is 30.3 Å². The van der Waals surface area contributed by atoms with Crippen LogP contribution in [0.5, 0.6) is 5.75 Å². The second-order valence-corrected chi connectivity index (χ2v) is 5.96. The third-order valence-corrected chi connectivity index (χ3v) is 3.91. The third-order valence-electron chi connectivity index (χ3n) is 2.48. The summed E-state index contributed by atoms with van der Waals surface area (Å²) < 4.78 is 1.67. The molecule has 102 valence electrons. The molecule has 0 fully saturated rings. The maximum atomic E-state index is 11.9. The number of phenolic OH excluding ortho intramolecular Hbond substituents is 1. The van der Waals surface area contributed by atoms with Gasteiger partial charge in [0.2, 0.25) is 0 Å². The van der Waals surface area contributed by atoms with Gasteiger partial charge in [-0.2, -0.15) is 5.10 Å². The number of benzene rings is 2. The molecule has 0 radical (unpaired) electrons. The molecule has 0 saturated carbocycles. The van der Waals surface area contributed by atoms with Crippen molar-refractivity contribution in [3.05, 3.63) is 61.6 Å². The summed E-state index contributed by atoms with van der Waals surface area (Å²) in [5, 5.41) is 13.5. The van der Waals surface area contributed by atoms with Crippen molar-refractivity contribution in [3.8, 4) is 5.75 Å². The molecule has 2 aromatic rings. The summed E-state index contributed by atoms with van der Waals surface area (Å²) in [5.41, 5.74) is 3.51. The van der Waals surface area contributed by atoms with Crippen LogP contribution in [0.2, 0.25) is 0 Å². The number of nitrogens with zero attached hydrogens (tertiary/aromatic N) is 1. The Morgan fingerprint density at radius 1 is 1.30 bits per heavy atom. The van der Waals surface area contributed by atoms with Crippen LogP contribution in [0.25, 0.3) is 0 Å². The molecule has 0 atom stereocenters. The van der Waals surface area contributed by atoms with Crippen LogP contribution in [0.3, 0.4) is 0 Å². The summed E-state index contributed by atoms with van der Waals surface area (Å²) in [6, 6.07) is 12.2. The van der Waals surface area contributed by atoms with Gasteiger partial charge in [-0.25, -0.2) is 5.43 Å². The number of aromatic hydroxyl groups is 1. The van der Waals surface area contributed by atoms with Crippen molar-refractivity contribution in [3.63, 3.8) is 0 Å². The van der Waals surface area contributed by atoms with Crippen LogP contribution in [-0.2, 0) is 0 Å². The first kappa shape index (κ1) is 15.0. The highest BCUT2D eigenvalue weighted by Crippen LogP contribution is 2.20. The van der Waals surface area contributed by atoms with Gasteiger partial charge in [0.05, 0.1) is 11.8 Å². The molecule has 0 bridgehead atoms. The Labute approximate surface area is 138 Å². The normalized spacial score (nSPS) is 10.7. The first-order valence-electron chi connectivity index (χ1n) is 5.64. The Hall–Kier alpha value is -1.41. The Kier molecular flexibility index (Phi) is 5.13. The number of hydrogen-bond donors (Lipinski definition) is 2.